The zero-order chi connectivity index (χ0) is 16.5. The van der Waals surface area contributed by atoms with Gasteiger partial charge >= 0.3 is 0 Å². The van der Waals surface area contributed by atoms with Gasteiger partial charge in [-0.05, 0) is 43.3 Å². The molecule has 3 aromatic heterocycles. The first kappa shape index (κ1) is 14.5. The zero-order valence-corrected chi connectivity index (χ0v) is 13.5. The van der Waals surface area contributed by atoms with E-state index in [9.17, 15) is 4.79 Å². The minimum Gasteiger partial charge on any atom is -0.322 e. The maximum atomic E-state index is 12.1. The molecular formula is C16H12N6OS. The number of aryl methyl sites for hydroxylation is 1. The van der Waals surface area contributed by atoms with Crippen LogP contribution < -0.4 is 5.32 Å². The summed E-state index contributed by atoms with van der Waals surface area (Å²) < 4.78 is 1.72. The van der Waals surface area contributed by atoms with E-state index in [1.165, 1.54) is 11.3 Å². The SMILES string of the molecule is Cc1nnc2sc(-c3ccc(NC(=O)c4ccncc4)cc3)nn12. The second kappa shape index (κ2) is 5.82. The van der Waals surface area contributed by atoms with Crippen molar-refractivity contribution in [2.24, 2.45) is 0 Å². The lowest BCUT2D eigenvalue weighted by molar-refractivity contribution is 0.102. The fraction of sp³-hybridized carbons (Fsp3) is 0.0625. The molecule has 1 aromatic carbocycles. The van der Waals surface area contributed by atoms with E-state index in [2.05, 4.69) is 25.6 Å². The number of nitrogens with zero attached hydrogens (tertiary/aromatic N) is 5. The molecule has 8 heteroatoms. The molecule has 0 fully saturated rings. The van der Waals surface area contributed by atoms with E-state index in [1.807, 2.05) is 31.2 Å². The Balaban J connectivity index is 1.55. The van der Waals surface area contributed by atoms with Gasteiger partial charge in [-0.1, -0.05) is 11.3 Å². The summed E-state index contributed by atoms with van der Waals surface area (Å²) in [5, 5.41) is 16.2. The fourth-order valence-corrected chi connectivity index (χ4v) is 3.12. The average molecular weight is 336 g/mol. The van der Waals surface area contributed by atoms with Gasteiger partial charge in [-0.3, -0.25) is 9.78 Å². The smallest absolute Gasteiger partial charge is 0.255 e. The summed E-state index contributed by atoms with van der Waals surface area (Å²) in [5.41, 5.74) is 2.25. The standard InChI is InChI=1S/C16H12N6OS/c1-10-19-20-16-22(10)21-15(24-16)12-2-4-13(5-3-12)18-14(23)11-6-8-17-9-7-11/h2-9H,1H3,(H,18,23). The van der Waals surface area contributed by atoms with Crippen LogP contribution in [0.4, 0.5) is 5.69 Å². The first-order valence-corrected chi connectivity index (χ1v) is 8.03. The van der Waals surface area contributed by atoms with Gasteiger partial charge in [0.05, 0.1) is 0 Å². The number of carbonyl (C=O) groups excluding carboxylic acids is 1. The summed E-state index contributed by atoms with van der Waals surface area (Å²) in [6.45, 7) is 1.86. The number of hydrogen-bond donors (Lipinski definition) is 1. The monoisotopic (exact) mass is 336 g/mol. The molecule has 3 heterocycles. The molecule has 4 rings (SSSR count). The van der Waals surface area contributed by atoms with Gasteiger partial charge < -0.3 is 5.32 Å². The predicted octanol–water partition coefficient (Wildman–Crippen LogP) is 2.81. The molecule has 0 saturated carbocycles. The summed E-state index contributed by atoms with van der Waals surface area (Å²) in [6, 6.07) is 10.9. The number of benzene rings is 1. The molecule has 24 heavy (non-hydrogen) atoms. The van der Waals surface area contributed by atoms with Crippen molar-refractivity contribution in [2.75, 3.05) is 5.32 Å². The number of nitrogens with one attached hydrogen (secondary N) is 1. The Morgan fingerprint density at radius 2 is 1.83 bits per heavy atom. The summed E-state index contributed by atoms with van der Waals surface area (Å²) in [6.07, 6.45) is 3.18. The van der Waals surface area contributed by atoms with Gasteiger partial charge in [-0.25, -0.2) is 0 Å². The van der Waals surface area contributed by atoms with Crippen molar-refractivity contribution in [3.05, 3.63) is 60.2 Å². The van der Waals surface area contributed by atoms with Crippen LogP contribution in [-0.2, 0) is 0 Å². The quantitative estimate of drug-likeness (QED) is 0.622. The first-order valence-electron chi connectivity index (χ1n) is 7.21. The van der Waals surface area contributed by atoms with E-state index in [1.54, 1.807) is 29.0 Å². The zero-order valence-electron chi connectivity index (χ0n) is 12.7. The van der Waals surface area contributed by atoms with Gasteiger partial charge in [0.1, 0.15) is 5.01 Å². The lowest BCUT2D eigenvalue weighted by Gasteiger charge is -2.05. The third kappa shape index (κ3) is 2.63. The molecule has 4 aromatic rings. The Morgan fingerprint density at radius 3 is 2.54 bits per heavy atom. The number of hydrogen-bond acceptors (Lipinski definition) is 6. The van der Waals surface area contributed by atoms with Crippen LogP contribution in [0.1, 0.15) is 16.2 Å². The van der Waals surface area contributed by atoms with Crippen molar-refractivity contribution in [1.29, 1.82) is 0 Å². The summed E-state index contributed by atoms with van der Waals surface area (Å²) in [4.78, 5) is 16.8. The molecular weight excluding hydrogens is 324 g/mol. The van der Waals surface area contributed by atoms with Gasteiger partial charge in [-0.2, -0.15) is 9.61 Å². The number of rotatable bonds is 3. The lowest BCUT2D eigenvalue weighted by atomic mass is 10.2. The van der Waals surface area contributed by atoms with Crippen LogP contribution in [0.15, 0.2) is 48.8 Å². The van der Waals surface area contributed by atoms with Gasteiger partial charge in [-0.15, -0.1) is 10.2 Å². The van der Waals surface area contributed by atoms with E-state index in [-0.39, 0.29) is 5.91 Å². The number of pyridine rings is 1. The molecule has 1 amide bonds. The second-order valence-corrected chi connectivity index (χ2v) is 6.07. The van der Waals surface area contributed by atoms with Crippen LogP contribution in [-0.4, -0.2) is 30.7 Å². The Morgan fingerprint density at radius 1 is 1.08 bits per heavy atom. The molecule has 118 valence electrons. The number of aromatic nitrogens is 5. The molecule has 0 spiro atoms. The molecule has 0 atom stereocenters. The van der Waals surface area contributed by atoms with Crippen molar-refractivity contribution < 1.29 is 4.79 Å². The van der Waals surface area contributed by atoms with E-state index in [0.29, 0.717) is 5.56 Å². The van der Waals surface area contributed by atoms with Crippen molar-refractivity contribution in [3.63, 3.8) is 0 Å². The van der Waals surface area contributed by atoms with E-state index in [0.717, 1.165) is 27.0 Å². The van der Waals surface area contributed by atoms with Gasteiger partial charge in [0.25, 0.3) is 5.91 Å². The fourth-order valence-electron chi connectivity index (χ4n) is 2.23. The van der Waals surface area contributed by atoms with Crippen LogP contribution in [0, 0.1) is 6.92 Å². The van der Waals surface area contributed by atoms with Crippen molar-refractivity contribution in [3.8, 4) is 10.6 Å². The third-order valence-corrected chi connectivity index (χ3v) is 4.43. The molecule has 0 aliphatic heterocycles. The van der Waals surface area contributed by atoms with E-state index in [4.69, 9.17) is 0 Å². The second-order valence-electron chi connectivity index (χ2n) is 5.12. The highest BCUT2D eigenvalue weighted by atomic mass is 32.1. The minimum absolute atomic E-state index is 0.167. The minimum atomic E-state index is -0.167. The third-order valence-electron chi connectivity index (χ3n) is 3.48. The average Bonchev–Trinajstić information content (AvgIpc) is 3.19. The van der Waals surface area contributed by atoms with Crippen LogP contribution >= 0.6 is 11.3 Å². The van der Waals surface area contributed by atoms with Gasteiger partial charge in [0.15, 0.2) is 5.82 Å². The van der Waals surface area contributed by atoms with Crippen LogP contribution in [0.25, 0.3) is 15.5 Å². The molecule has 0 bridgehead atoms. The summed E-state index contributed by atoms with van der Waals surface area (Å²) >= 11 is 1.47. The molecule has 0 aliphatic rings. The van der Waals surface area contributed by atoms with Crippen molar-refractivity contribution in [2.45, 2.75) is 6.92 Å². The molecule has 7 nitrogen and oxygen atoms in total. The maximum Gasteiger partial charge on any atom is 0.255 e. The molecule has 0 aliphatic carbocycles. The highest BCUT2D eigenvalue weighted by Crippen LogP contribution is 2.26. The Labute approximate surface area is 141 Å². The Bertz CT molecular complexity index is 1010. The molecule has 0 saturated heterocycles. The Hall–Kier alpha value is -3.13. The number of fused-ring (bicyclic) bond motifs is 1. The van der Waals surface area contributed by atoms with Crippen LogP contribution in [0.3, 0.4) is 0 Å². The molecule has 1 N–H and O–H groups in total. The molecule has 0 unspecified atom stereocenters. The van der Waals surface area contributed by atoms with Crippen molar-refractivity contribution in [1.82, 2.24) is 24.8 Å². The first-order chi connectivity index (χ1) is 11.7. The number of anilines is 1. The maximum absolute atomic E-state index is 12.1. The van der Waals surface area contributed by atoms with E-state index < -0.39 is 0 Å². The highest BCUT2D eigenvalue weighted by Gasteiger charge is 2.11. The number of amides is 1. The summed E-state index contributed by atoms with van der Waals surface area (Å²) in [7, 11) is 0. The van der Waals surface area contributed by atoms with Gasteiger partial charge in [0, 0.05) is 29.2 Å². The van der Waals surface area contributed by atoms with Crippen LogP contribution in [0.5, 0.6) is 0 Å². The summed E-state index contributed by atoms with van der Waals surface area (Å²) in [5.74, 6) is 0.591. The Kier molecular flexibility index (Phi) is 3.51. The topological polar surface area (TPSA) is 85.1 Å². The van der Waals surface area contributed by atoms with E-state index >= 15 is 0 Å². The van der Waals surface area contributed by atoms with Gasteiger partial charge in [0.2, 0.25) is 4.96 Å². The number of carbonyl (C=O) groups is 1. The largest absolute Gasteiger partial charge is 0.322 e. The normalized spacial score (nSPS) is 10.9. The lowest BCUT2D eigenvalue weighted by Crippen LogP contribution is -2.11. The van der Waals surface area contributed by atoms with Crippen molar-refractivity contribution >= 4 is 27.9 Å². The molecule has 0 radical (unpaired) electrons. The highest BCUT2D eigenvalue weighted by molar-refractivity contribution is 7.19. The predicted molar refractivity (Wildman–Crippen MR) is 91.0 cm³/mol. The van der Waals surface area contributed by atoms with Crippen LogP contribution in [0.2, 0.25) is 0 Å².